The van der Waals surface area contributed by atoms with Crippen LogP contribution >= 0.6 is 11.3 Å². The second-order valence-electron chi connectivity index (χ2n) is 4.72. The highest BCUT2D eigenvalue weighted by Gasteiger charge is 2.15. The molecule has 19 heavy (non-hydrogen) atoms. The lowest BCUT2D eigenvalue weighted by Crippen LogP contribution is -2.28. The minimum absolute atomic E-state index is 0.0517. The summed E-state index contributed by atoms with van der Waals surface area (Å²) in [4.78, 5) is 0. The summed E-state index contributed by atoms with van der Waals surface area (Å²) in [6.45, 7) is 2.12. The van der Waals surface area contributed by atoms with Gasteiger partial charge in [-0.1, -0.05) is 36.4 Å². The van der Waals surface area contributed by atoms with E-state index in [1.807, 2.05) is 0 Å². The van der Waals surface area contributed by atoms with Gasteiger partial charge in [-0.3, -0.25) is 5.84 Å². The van der Waals surface area contributed by atoms with Gasteiger partial charge < -0.3 is 0 Å². The van der Waals surface area contributed by atoms with E-state index >= 15 is 0 Å². The first-order chi connectivity index (χ1) is 9.29. The van der Waals surface area contributed by atoms with Crippen LogP contribution in [-0.4, -0.2) is 0 Å². The lowest BCUT2D eigenvalue weighted by Gasteiger charge is -2.17. The Morgan fingerprint density at radius 1 is 1.05 bits per heavy atom. The standard InChI is InChI=1S/C16H16N2S/c1-11-9-19-10-15(11)16(18-17)14-7-6-12-4-2-3-5-13(12)8-14/h2-10,16,18H,17H2,1H3. The van der Waals surface area contributed by atoms with E-state index in [2.05, 4.69) is 65.6 Å². The Morgan fingerprint density at radius 3 is 2.53 bits per heavy atom. The van der Waals surface area contributed by atoms with Crippen molar-refractivity contribution in [2.24, 2.45) is 5.84 Å². The maximum atomic E-state index is 5.76. The van der Waals surface area contributed by atoms with Crippen LogP contribution in [0.2, 0.25) is 0 Å². The number of benzene rings is 2. The van der Waals surface area contributed by atoms with Crippen LogP contribution in [0.15, 0.2) is 53.2 Å². The molecule has 0 spiro atoms. The average molecular weight is 268 g/mol. The number of hydrogen-bond acceptors (Lipinski definition) is 3. The minimum Gasteiger partial charge on any atom is -0.271 e. The molecule has 0 radical (unpaired) electrons. The summed E-state index contributed by atoms with van der Waals surface area (Å²) in [5.74, 6) is 5.76. The van der Waals surface area contributed by atoms with Gasteiger partial charge in [-0.05, 0) is 51.2 Å². The predicted molar refractivity (Wildman–Crippen MR) is 82.2 cm³/mol. The molecule has 3 N–H and O–H groups in total. The third kappa shape index (κ3) is 2.28. The van der Waals surface area contributed by atoms with Crippen LogP contribution < -0.4 is 11.3 Å². The molecule has 96 valence electrons. The molecule has 0 aliphatic heterocycles. The minimum atomic E-state index is 0.0517. The van der Waals surface area contributed by atoms with E-state index in [4.69, 9.17) is 5.84 Å². The summed E-state index contributed by atoms with van der Waals surface area (Å²) in [6.07, 6.45) is 0. The highest BCUT2D eigenvalue weighted by atomic mass is 32.1. The first-order valence-corrected chi connectivity index (χ1v) is 7.21. The second kappa shape index (κ2) is 5.13. The Labute approximate surface area is 116 Å². The van der Waals surface area contributed by atoms with E-state index < -0.39 is 0 Å². The smallest absolute Gasteiger partial charge is 0.0720 e. The molecule has 2 aromatic carbocycles. The summed E-state index contributed by atoms with van der Waals surface area (Å²) in [7, 11) is 0. The fourth-order valence-electron chi connectivity index (χ4n) is 2.42. The van der Waals surface area contributed by atoms with E-state index in [-0.39, 0.29) is 6.04 Å². The van der Waals surface area contributed by atoms with Crippen LogP contribution in [0.5, 0.6) is 0 Å². The third-order valence-electron chi connectivity index (χ3n) is 3.48. The van der Waals surface area contributed by atoms with Gasteiger partial charge in [0.25, 0.3) is 0 Å². The molecule has 0 saturated heterocycles. The Morgan fingerprint density at radius 2 is 1.84 bits per heavy atom. The van der Waals surface area contributed by atoms with Crippen LogP contribution in [0.1, 0.15) is 22.7 Å². The largest absolute Gasteiger partial charge is 0.271 e. The topological polar surface area (TPSA) is 38.0 Å². The van der Waals surface area contributed by atoms with Crippen LogP contribution in [0.3, 0.4) is 0 Å². The summed E-state index contributed by atoms with van der Waals surface area (Å²) >= 11 is 1.71. The molecule has 1 heterocycles. The zero-order valence-electron chi connectivity index (χ0n) is 10.8. The number of fused-ring (bicyclic) bond motifs is 1. The SMILES string of the molecule is Cc1cscc1C(NN)c1ccc2ccccc2c1. The zero-order valence-corrected chi connectivity index (χ0v) is 11.6. The maximum Gasteiger partial charge on any atom is 0.0720 e. The van der Waals surface area contributed by atoms with Crippen LogP contribution in [0.4, 0.5) is 0 Å². The first-order valence-electron chi connectivity index (χ1n) is 6.27. The molecule has 0 fully saturated rings. The summed E-state index contributed by atoms with van der Waals surface area (Å²) in [5, 5.41) is 6.81. The van der Waals surface area contributed by atoms with Crippen molar-refractivity contribution in [1.82, 2.24) is 5.43 Å². The molecule has 1 unspecified atom stereocenters. The Kier molecular flexibility index (Phi) is 3.34. The quantitative estimate of drug-likeness (QED) is 0.560. The molecule has 0 aliphatic rings. The zero-order chi connectivity index (χ0) is 13.2. The number of aryl methyl sites for hydroxylation is 1. The molecule has 1 aromatic heterocycles. The molecule has 3 aromatic rings. The average Bonchev–Trinajstić information content (AvgIpc) is 2.86. The van der Waals surface area contributed by atoms with Crippen molar-refractivity contribution in [3.8, 4) is 0 Å². The van der Waals surface area contributed by atoms with Gasteiger partial charge in [0.1, 0.15) is 0 Å². The van der Waals surface area contributed by atoms with Gasteiger partial charge in [-0.2, -0.15) is 11.3 Å². The molecule has 0 saturated carbocycles. The predicted octanol–water partition coefficient (Wildman–Crippen LogP) is 3.76. The van der Waals surface area contributed by atoms with Crippen molar-refractivity contribution in [2.75, 3.05) is 0 Å². The molecular formula is C16H16N2S. The summed E-state index contributed by atoms with van der Waals surface area (Å²) in [6, 6.07) is 14.9. The number of hydrazine groups is 1. The van der Waals surface area contributed by atoms with Gasteiger partial charge in [0, 0.05) is 0 Å². The monoisotopic (exact) mass is 268 g/mol. The van der Waals surface area contributed by atoms with Crippen LogP contribution in [0.25, 0.3) is 10.8 Å². The lowest BCUT2D eigenvalue weighted by atomic mass is 9.96. The van der Waals surface area contributed by atoms with Crippen LogP contribution in [-0.2, 0) is 0 Å². The Hall–Kier alpha value is -1.68. The van der Waals surface area contributed by atoms with Gasteiger partial charge in [0.05, 0.1) is 6.04 Å². The fraction of sp³-hybridized carbons (Fsp3) is 0.125. The van der Waals surface area contributed by atoms with E-state index in [9.17, 15) is 0 Å². The number of nitrogens with two attached hydrogens (primary N) is 1. The Bertz CT molecular complexity index is 703. The van der Waals surface area contributed by atoms with Gasteiger partial charge in [-0.15, -0.1) is 0 Å². The molecule has 3 heteroatoms. The van der Waals surface area contributed by atoms with E-state index in [0.717, 1.165) is 0 Å². The normalized spacial score (nSPS) is 12.7. The Balaban J connectivity index is 2.09. The molecule has 0 bridgehead atoms. The molecule has 0 aliphatic carbocycles. The van der Waals surface area contributed by atoms with Gasteiger partial charge in [0.2, 0.25) is 0 Å². The van der Waals surface area contributed by atoms with Crippen molar-refractivity contribution < 1.29 is 0 Å². The van der Waals surface area contributed by atoms with Crippen molar-refractivity contribution in [2.45, 2.75) is 13.0 Å². The number of rotatable bonds is 3. The van der Waals surface area contributed by atoms with Gasteiger partial charge >= 0.3 is 0 Å². The lowest BCUT2D eigenvalue weighted by molar-refractivity contribution is 0.636. The highest BCUT2D eigenvalue weighted by Crippen LogP contribution is 2.28. The molecule has 2 nitrogen and oxygen atoms in total. The number of hydrogen-bond donors (Lipinski definition) is 2. The van der Waals surface area contributed by atoms with E-state index in [1.54, 1.807) is 11.3 Å². The van der Waals surface area contributed by atoms with E-state index in [1.165, 1.54) is 27.5 Å². The molecule has 0 amide bonds. The second-order valence-corrected chi connectivity index (χ2v) is 5.46. The van der Waals surface area contributed by atoms with Crippen molar-refractivity contribution in [1.29, 1.82) is 0 Å². The van der Waals surface area contributed by atoms with Gasteiger partial charge in [-0.25, -0.2) is 5.43 Å². The van der Waals surface area contributed by atoms with Crippen molar-refractivity contribution in [3.05, 3.63) is 69.9 Å². The van der Waals surface area contributed by atoms with Crippen molar-refractivity contribution >= 4 is 22.1 Å². The molecular weight excluding hydrogens is 252 g/mol. The fourth-order valence-corrected chi connectivity index (χ4v) is 3.30. The van der Waals surface area contributed by atoms with Crippen LogP contribution in [0, 0.1) is 6.92 Å². The molecule has 1 atom stereocenters. The number of nitrogens with one attached hydrogen (secondary N) is 1. The van der Waals surface area contributed by atoms with Crippen molar-refractivity contribution in [3.63, 3.8) is 0 Å². The number of thiophene rings is 1. The third-order valence-corrected chi connectivity index (χ3v) is 4.36. The summed E-state index contributed by atoms with van der Waals surface area (Å²) in [5.41, 5.74) is 6.66. The first kappa shape index (κ1) is 12.4. The maximum absolute atomic E-state index is 5.76. The van der Waals surface area contributed by atoms with E-state index in [0.29, 0.717) is 0 Å². The molecule has 3 rings (SSSR count). The highest BCUT2D eigenvalue weighted by molar-refractivity contribution is 7.08. The summed E-state index contributed by atoms with van der Waals surface area (Å²) < 4.78 is 0. The van der Waals surface area contributed by atoms with Gasteiger partial charge in [0.15, 0.2) is 0 Å².